The molecule has 17 heavy (non-hydrogen) atoms. The summed E-state index contributed by atoms with van der Waals surface area (Å²) in [4.78, 5) is 30.3. The number of phenols is 1. The second kappa shape index (κ2) is 4.48. The number of nitrogens with zero attached hydrogens (tertiary/aromatic N) is 1. The van der Waals surface area contributed by atoms with Crippen molar-refractivity contribution in [2.75, 3.05) is 0 Å². The highest BCUT2D eigenvalue weighted by Gasteiger charge is 1.93. The Morgan fingerprint density at radius 2 is 1.82 bits per heavy atom. The van der Waals surface area contributed by atoms with Crippen molar-refractivity contribution in [3.05, 3.63) is 56.7 Å². The number of hydrogen-bond acceptors (Lipinski definition) is 4. The molecule has 0 aliphatic carbocycles. The van der Waals surface area contributed by atoms with E-state index in [2.05, 4.69) is 9.98 Å². The van der Waals surface area contributed by atoms with Crippen molar-refractivity contribution < 1.29 is 5.11 Å². The van der Waals surface area contributed by atoms with E-state index in [-0.39, 0.29) is 11.6 Å². The summed E-state index contributed by atoms with van der Waals surface area (Å²) < 4.78 is 0. The van der Waals surface area contributed by atoms with Gasteiger partial charge in [-0.05, 0) is 29.8 Å². The van der Waals surface area contributed by atoms with Crippen molar-refractivity contribution in [1.29, 1.82) is 0 Å². The lowest BCUT2D eigenvalue weighted by atomic mass is 10.2. The molecular weight excluding hydrogens is 222 g/mol. The molecule has 0 aliphatic heterocycles. The van der Waals surface area contributed by atoms with Crippen molar-refractivity contribution in [2.45, 2.75) is 0 Å². The molecule has 1 aromatic heterocycles. The summed E-state index contributed by atoms with van der Waals surface area (Å²) in [7, 11) is 0. The van der Waals surface area contributed by atoms with Gasteiger partial charge in [0.15, 0.2) is 0 Å². The molecule has 0 amide bonds. The Hall–Kier alpha value is -2.63. The van der Waals surface area contributed by atoms with Crippen LogP contribution in [-0.2, 0) is 0 Å². The van der Waals surface area contributed by atoms with Crippen LogP contribution < -0.4 is 11.2 Å². The summed E-state index contributed by atoms with van der Waals surface area (Å²) in [6, 6.07) is 7.52. The predicted octanol–water partition coefficient (Wildman–Crippen LogP) is 0.519. The van der Waals surface area contributed by atoms with Crippen molar-refractivity contribution in [3.8, 4) is 5.75 Å². The highest BCUT2D eigenvalue weighted by molar-refractivity contribution is 5.81. The molecule has 2 rings (SSSR count). The van der Waals surface area contributed by atoms with E-state index < -0.39 is 11.2 Å². The van der Waals surface area contributed by atoms with Gasteiger partial charge in [0, 0.05) is 12.3 Å². The zero-order valence-electron chi connectivity index (χ0n) is 8.68. The van der Waals surface area contributed by atoms with Gasteiger partial charge in [0.2, 0.25) is 0 Å². The molecule has 0 aliphatic rings. The Morgan fingerprint density at radius 3 is 2.47 bits per heavy atom. The van der Waals surface area contributed by atoms with Crippen LogP contribution in [0.3, 0.4) is 0 Å². The van der Waals surface area contributed by atoms with E-state index in [0.717, 1.165) is 5.56 Å². The molecule has 6 heteroatoms. The third-order valence-electron chi connectivity index (χ3n) is 1.99. The minimum absolute atomic E-state index is 0.159. The van der Waals surface area contributed by atoms with E-state index >= 15 is 0 Å². The Balaban J connectivity index is 2.28. The summed E-state index contributed by atoms with van der Waals surface area (Å²) in [5.41, 5.74) is -0.370. The van der Waals surface area contributed by atoms with Gasteiger partial charge in [-0.25, -0.2) is 9.79 Å². The number of aromatic hydroxyl groups is 1. The molecule has 0 fully saturated rings. The van der Waals surface area contributed by atoms with Crippen LogP contribution in [0.2, 0.25) is 0 Å². The van der Waals surface area contributed by atoms with E-state index in [1.807, 2.05) is 4.98 Å². The molecule has 0 saturated heterocycles. The van der Waals surface area contributed by atoms with Crippen LogP contribution in [0.1, 0.15) is 5.56 Å². The van der Waals surface area contributed by atoms with E-state index in [4.69, 9.17) is 5.11 Å². The van der Waals surface area contributed by atoms with Gasteiger partial charge < -0.3 is 5.11 Å². The lowest BCUT2D eigenvalue weighted by molar-refractivity contribution is 0.475. The molecule has 3 N–H and O–H groups in total. The average Bonchev–Trinajstić information content (AvgIpc) is 2.27. The number of H-pyrrole nitrogens is 2. The summed E-state index contributed by atoms with van der Waals surface area (Å²) in [6.45, 7) is 0. The van der Waals surface area contributed by atoms with Gasteiger partial charge >= 0.3 is 5.69 Å². The fourth-order valence-corrected chi connectivity index (χ4v) is 1.23. The molecule has 0 atom stereocenters. The summed E-state index contributed by atoms with van der Waals surface area (Å²) in [5, 5.41) is 9.08. The van der Waals surface area contributed by atoms with E-state index in [9.17, 15) is 9.59 Å². The molecule has 0 unspecified atom stereocenters. The first kappa shape index (κ1) is 10.9. The third-order valence-corrected chi connectivity index (χ3v) is 1.99. The number of phenolic OH excluding ortho intramolecular Hbond substituents is 1. The minimum Gasteiger partial charge on any atom is -0.508 e. The Labute approximate surface area is 95.3 Å². The molecule has 0 radical (unpaired) electrons. The fraction of sp³-hybridized carbons (Fsp3) is 0. The van der Waals surface area contributed by atoms with Gasteiger partial charge in [0.05, 0.1) is 0 Å². The molecule has 6 nitrogen and oxygen atoms in total. The smallest absolute Gasteiger partial charge is 0.327 e. The minimum atomic E-state index is -0.602. The molecule has 86 valence electrons. The lowest BCUT2D eigenvalue weighted by Crippen LogP contribution is -2.20. The predicted molar refractivity (Wildman–Crippen MR) is 63.0 cm³/mol. The van der Waals surface area contributed by atoms with Crippen LogP contribution in [0.4, 0.5) is 5.82 Å². The standard InChI is InChI=1S/C11H9N3O3/c15-8-3-1-7(2-4-8)6-12-9-5-10(16)14-11(17)13-9/h1-6,15H,(H2,13,14,16,17)/b12-6+. The second-order valence-electron chi connectivity index (χ2n) is 3.32. The van der Waals surface area contributed by atoms with E-state index in [1.54, 1.807) is 12.1 Å². The number of rotatable bonds is 2. The molecule has 0 saturated carbocycles. The molecule has 1 aromatic carbocycles. The maximum atomic E-state index is 11.0. The average molecular weight is 231 g/mol. The van der Waals surface area contributed by atoms with Gasteiger partial charge in [-0.15, -0.1) is 0 Å². The number of aliphatic imine (C=N–C) groups is 1. The first-order valence-electron chi connectivity index (χ1n) is 4.80. The SMILES string of the molecule is O=c1cc(/N=C/c2ccc(O)cc2)[nH]c(=O)[nH]1. The lowest BCUT2D eigenvalue weighted by Gasteiger charge is -1.94. The quantitative estimate of drug-likeness (QED) is 0.657. The van der Waals surface area contributed by atoms with Gasteiger partial charge in [-0.1, -0.05) is 0 Å². The van der Waals surface area contributed by atoms with Gasteiger partial charge in [-0.2, -0.15) is 0 Å². The number of nitrogens with one attached hydrogen (secondary N) is 2. The first-order chi connectivity index (χ1) is 8.13. The van der Waals surface area contributed by atoms with Crippen molar-refractivity contribution in [1.82, 2.24) is 9.97 Å². The Kier molecular flexibility index (Phi) is 2.87. The molecule has 0 bridgehead atoms. The highest BCUT2D eigenvalue weighted by Crippen LogP contribution is 2.08. The van der Waals surface area contributed by atoms with Gasteiger partial charge in [0.1, 0.15) is 11.6 Å². The third kappa shape index (κ3) is 2.91. The van der Waals surface area contributed by atoms with Crippen LogP contribution in [0, 0.1) is 0 Å². The van der Waals surface area contributed by atoms with Gasteiger partial charge in [-0.3, -0.25) is 14.8 Å². The van der Waals surface area contributed by atoms with Crippen molar-refractivity contribution in [3.63, 3.8) is 0 Å². The molecule has 1 heterocycles. The summed E-state index contributed by atoms with van der Waals surface area (Å²) in [6.07, 6.45) is 1.48. The Morgan fingerprint density at radius 1 is 1.12 bits per heavy atom. The second-order valence-corrected chi connectivity index (χ2v) is 3.32. The maximum Gasteiger partial charge on any atom is 0.327 e. The monoisotopic (exact) mass is 231 g/mol. The normalized spacial score (nSPS) is 10.8. The number of aromatic nitrogens is 2. The van der Waals surface area contributed by atoms with Gasteiger partial charge in [0.25, 0.3) is 5.56 Å². The number of hydrogen-bond donors (Lipinski definition) is 3. The summed E-state index contributed by atoms with van der Waals surface area (Å²) in [5.74, 6) is 0.332. The van der Waals surface area contributed by atoms with E-state index in [1.165, 1.54) is 24.4 Å². The number of benzene rings is 1. The Bertz CT molecular complexity index is 624. The van der Waals surface area contributed by atoms with Crippen LogP contribution >= 0.6 is 0 Å². The van der Waals surface area contributed by atoms with Crippen LogP contribution in [0.25, 0.3) is 0 Å². The fourth-order valence-electron chi connectivity index (χ4n) is 1.23. The molecule has 0 spiro atoms. The first-order valence-corrected chi connectivity index (χ1v) is 4.80. The topological polar surface area (TPSA) is 98.3 Å². The van der Waals surface area contributed by atoms with Crippen molar-refractivity contribution in [2.24, 2.45) is 4.99 Å². The molecule has 2 aromatic rings. The van der Waals surface area contributed by atoms with E-state index in [0.29, 0.717) is 0 Å². The van der Waals surface area contributed by atoms with Crippen LogP contribution in [0.15, 0.2) is 44.9 Å². The highest BCUT2D eigenvalue weighted by atomic mass is 16.3. The largest absolute Gasteiger partial charge is 0.508 e. The summed E-state index contributed by atoms with van der Waals surface area (Å²) >= 11 is 0. The zero-order chi connectivity index (χ0) is 12.3. The maximum absolute atomic E-state index is 11.0. The van der Waals surface area contributed by atoms with Crippen LogP contribution in [0.5, 0.6) is 5.75 Å². The zero-order valence-corrected chi connectivity index (χ0v) is 8.68. The molecular formula is C11H9N3O3. The van der Waals surface area contributed by atoms with Crippen molar-refractivity contribution >= 4 is 12.0 Å². The number of aromatic amines is 2. The van der Waals surface area contributed by atoms with Crippen LogP contribution in [-0.4, -0.2) is 21.3 Å².